The molecule has 0 aliphatic rings. The number of ether oxygens (including phenoxy) is 1. The molecular weight excluding hydrogens is 344 g/mol. The summed E-state index contributed by atoms with van der Waals surface area (Å²) in [6, 6.07) is 2.29. The summed E-state index contributed by atoms with van der Waals surface area (Å²) in [5, 5.41) is 4.91. The van der Waals surface area contributed by atoms with Crippen molar-refractivity contribution >= 4 is 33.7 Å². The molecule has 1 aromatic heterocycles. The second-order valence-electron chi connectivity index (χ2n) is 4.60. The van der Waals surface area contributed by atoms with Crippen molar-refractivity contribution < 1.29 is 23.5 Å². The topological polar surface area (TPSA) is 97.6 Å². The molecule has 0 aromatic carbocycles. The van der Waals surface area contributed by atoms with Gasteiger partial charge in [0.25, 0.3) is 5.91 Å². The van der Waals surface area contributed by atoms with Crippen molar-refractivity contribution in [2.75, 3.05) is 13.7 Å². The van der Waals surface area contributed by atoms with Crippen LogP contribution in [-0.4, -0.2) is 37.5 Å². The van der Waals surface area contributed by atoms with Crippen LogP contribution in [0.4, 0.5) is 0 Å². The molecule has 1 atom stereocenters. The Hall–Kier alpha value is -1.83. The number of carbonyl (C=O) groups is 3. The van der Waals surface area contributed by atoms with Gasteiger partial charge in [-0.3, -0.25) is 9.59 Å². The van der Waals surface area contributed by atoms with Gasteiger partial charge in [-0.2, -0.15) is 0 Å². The summed E-state index contributed by atoms with van der Waals surface area (Å²) in [6.45, 7) is 3.29. The molecule has 8 heteroatoms. The van der Waals surface area contributed by atoms with Gasteiger partial charge in [0.2, 0.25) is 5.91 Å². The Balaban J connectivity index is 2.49. The van der Waals surface area contributed by atoms with Crippen molar-refractivity contribution in [2.24, 2.45) is 5.92 Å². The maximum Gasteiger partial charge on any atom is 0.328 e. The zero-order chi connectivity index (χ0) is 16.0. The van der Waals surface area contributed by atoms with Crippen molar-refractivity contribution in [3.8, 4) is 0 Å². The molecule has 1 aromatic rings. The van der Waals surface area contributed by atoms with Crippen LogP contribution in [0.5, 0.6) is 0 Å². The minimum absolute atomic E-state index is 0.0862. The maximum atomic E-state index is 11.7. The highest BCUT2D eigenvalue weighted by Gasteiger charge is 2.25. The number of nitrogens with one attached hydrogen (secondary N) is 2. The van der Waals surface area contributed by atoms with E-state index in [0.29, 0.717) is 4.67 Å². The first-order valence-corrected chi connectivity index (χ1v) is 7.05. The number of hydrogen-bond acceptors (Lipinski definition) is 5. The quantitative estimate of drug-likeness (QED) is 0.740. The molecule has 2 N–H and O–H groups in total. The van der Waals surface area contributed by atoms with E-state index in [0.717, 1.165) is 0 Å². The molecule has 0 fully saturated rings. The highest BCUT2D eigenvalue weighted by atomic mass is 79.9. The predicted octanol–water partition coefficient (Wildman–Crippen LogP) is 1.09. The molecule has 2 amide bonds. The van der Waals surface area contributed by atoms with E-state index >= 15 is 0 Å². The minimum atomic E-state index is -0.753. The SMILES string of the molecule is COC(=O)C(NC(=O)CNC(=O)c1ccc(Br)o1)C(C)C. The molecule has 7 nitrogen and oxygen atoms in total. The van der Waals surface area contributed by atoms with Gasteiger partial charge in [-0.05, 0) is 34.0 Å². The van der Waals surface area contributed by atoms with Crippen LogP contribution < -0.4 is 10.6 Å². The van der Waals surface area contributed by atoms with Crippen LogP contribution in [0, 0.1) is 5.92 Å². The van der Waals surface area contributed by atoms with Crippen molar-refractivity contribution in [1.82, 2.24) is 10.6 Å². The Bertz CT molecular complexity index is 526. The van der Waals surface area contributed by atoms with E-state index in [1.165, 1.54) is 13.2 Å². The van der Waals surface area contributed by atoms with Gasteiger partial charge in [0, 0.05) is 0 Å². The zero-order valence-electron chi connectivity index (χ0n) is 11.9. The molecule has 0 radical (unpaired) electrons. The molecule has 0 aliphatic carbocycles. The smallest absolute Gasteiger partial charge is 0.328 e. The van der Waals surface area contributed by atoms with Crippen LogP contribution in [0.3, 0.4) is 0 Å². The molecule has 1 unspecified atom stereocenters. The van der Waals surface area contributed by atoms with Crippen LogP contribution in [0.2, 0.25) is 0 Å². The lowest BCUT2D eigenvalue weighted by atomic mass is 10.0. The first-order chi connectivity index (χ1) is 9.85. The number of carbonyl (C=O) groups excluding carboxylic acids is 3. The molecule has 116 valence electrons. The normalized spacial score (nSPS) is 11.9. The third-order valence-electron chi connectivity index (χ3n) is 2.64. The Morgan fingerprint density at radius 1 is 1.33 bits per heavy atom. The summed E-state index contributed by atoms with van der Waals surface area (Å²) in [5.74, 6) is -1.58. The zero-order valence-corrected chi connectivity index (χ0v) is 13.5. The molecule has 0 aliphatic heterocycles. The molecule has 0 saturated carbocycles. The molecule has 0 bridgehead atoms. The Morgan fingerprint density at radius 3 is 2.48 bits per heavy atom. The van der Waals surface area contributed by atoms with Crippen molar-refractivity contribution in [2.45, 2.75) is 19.9 Å². The number of esters is 1. The van der Waals surface area contributed by atoms with Crippen LogP contribution in [0.1, 0.15) is 24.4 Å². The van der Waals surface area contributed by atoms with Gasteiger partial charge in [0.05, 0.1) is 13.7 Å². The van der Waals surface area contributed by atoms with Crippen LogP contribution >= 0.6 is 15.9 Å². The Labute approximate surface area is 130 Å². The van der Waals surface area contributed by atoms with E-state index in [2.05, 4.69) is 31.3 Å². The summed E-state index contributed by atoms with van der Waals surface area (Å²) in [4.78, 5) is 34.9. The molecule has 0 saturated heterocycles. The monoisotopic (exact) mass is 360 g/mol. The number of hydrogen-bond donors (Lipinski definition) is 2. The molecule has 21 heavy (non-hydrogen) atoms. The summed E-state index contributed by atoms with van der Waals surface area (Å²) in [6.07, 6.45) is 0. The van der Waals surface area contributed by atoms with Crippen LogP contribution in [0.25, 0.3) is 0 Å². The van der Waals surface area contributed by atoms with Crippen molar-refractivity contribution in [3.05, 3.63) is 22.6 Å². The van der Waals surface area contributed by atoms with Gasteiger partial charge in [0.15, 0.2) is 10.4 Å². The van der Waals surface area contributed by atoms with Crippen molar-refractivity contribution in [3.63, 3.8) is 0 Å². The number of methoxy groups -OCH3 is 1. The fourth-order valence-electron chi connectivity index (χ4n) is 1.53. The van der Waals surface area contributed by atoms with E-state index in [9.17, 15) is 14.4 Å². The van der Waals surface area contributed by atoms with Gasteiger partial charge in [0.1, 0.15) is 6.04 Å². The highest BCUT2D eigenvalue weighted by Crippen LogP contribution is 2.13. The van der Waals surface area contributed by atoms with E-state index in [-0.39, 0.29) is 18.2 Å². The third kappa shape index (κ3) is 5.22. The lowest BCUT2D eigenvalue weighted by Crippen LogP contribution is -2.48. The van der Waals surface area contributed by atoms with E-state index in [1.54, 1.807) is 19.9 Å². The standard InChI is InChI=1S/C13H17BrN2O5/c1-7(2)11(13(19)20-3)16-10(17)6-15-12(18)8-4-5-9(14)21-8/h4-5,7,11H,6H2,1-3H3,(H,15,18)(H,16,17). The number of amides is 2. The van der Waals surface area contributed by atoms with Crippen LogP contribution in [0.15, 0.2) is 21.2 Å². The lowest BCUT2D eigenvalue weighted by molar-refractivity contribution is -0.146. The fraction of sp³-hybridized carbons (Fsp3) is 0.462. The molecule has 0 spiro atoms. The van der Waals surface area contributed by atoms with Gasteiger partial charge in [-0.25, -0.2) is 4.79 Å². The highest BCUT2D eigenvalue weighted by molar-refractivity contribution is 9.10. The number of rotatable bonds is 6. The average molecular weight is 361 g/mol. The summed E-state index contributed by atoms with van der Waals surface area (Å²) in [7, 11) is 1.25. The van der Waals surface area contributed by atoms with Gasteiger partial charge >= 0.3 is 5.97 Å². The van der Waals surface area contributed by atoms with Gasteiger partial charge in [-0.1, -0.05) is 13.8 Å². The van der Waals surface area contributed by atoms with Crippen LogP contribution in [-0.2, 0) is 14.3 Å². The average Bonchev–Trinajstić information content (AvgIpc) is 2.87. The lowest BCUT2D eigenvalue weighted by Gasteiger charge is -2.19. The van der Waals surface area contributed by atoms with E-state index < -0.39 is 23.8 Å². The Morgan fingerprint density at radius 2 is 2.00 bits per heavy atom. The largest absolute Gasteiger partial charge is 0.467 e. The minimum Gasteiger partial charge on any atom is -0.467 e. The van der Waals surface area contributed by atoms with E-state index in [1.807, 2.05) is 0 Å². The van der Waals surface area contributed by atoms with Crippen molar-refractivity contribution in [1.29, 1.82) is 0 Å². The molecule has 1 rings (SSSR count). The van der Waals surface area contributed by atoms with Gasteiger partial charge in [-0.15, -0.1) is 0 Å². The second-order valence-corrected chi connectivity index (χ2v) is 5.38. The summed E-state index contributed by atoms with van der Waals surface area (Å²) < 4.78 is 10.1. The summed E-state index contributed by atoms with van der Waals surface area (Å²) >= 11 is 3.08. The molecule has 1 heterocycles. The number of halogens is 1. The third-order valence-corrected chi connectivity index (χ3v) is 3.07. The predicted molar refractivity (Wildman–Crippen MR) is 77.5 cm³/mol. The second kappa shape index (κ2) is 7.82. The molecular formula is C13H17BrN2O5. The fourth-order valence-corrected chi connectivity index (χ4v) is 1.84. The Kier molecular flexibility index (Phi) is 6.41. The maximum absolute atomic E-state index is 11.7. The first-order valence-electron chi connectivity index (χ1n) is 6.26. The summed E-state index contributed by atoms with van der Waals surface area (Å²) in [5.41, 5.74) is 0. The number of furan rings is 1. The first kappa shape index (κ1) is 17.2. The van der Waals surface area contributed by atoms with E-state index in [4.69, 9.17) is 4.42 Å². The van der Waals surface area contributed by atoms with Gasteiger partial charge < -0.3 is 19.8 Å².